The van der Waals surface area contributed by atoms with Gasteiger partial charge in [-0.1, -0.05) is 13.8 Å². The summed E-state index contributed by atoms with van der Waals surface area (Å²) in [5, 5.41) is 6.31. The molecule has 3 amide bonds. The van der Waals surface area contributed by atoms with Gasteiger partial charge in [0.2, 0.25) is 5.91 Å². The molecule has 1 rings (SSSR count). The second-order valence-electron chi connectivity index (χ2n) is 6.47. The molecule has 0 aliphatic carbocycles. The number of hydrogen-bond acceptors (Lipinski definition) is 3. The van der Waals surface area contributed by atoms with Crippen LogP contribution in [-0.2, 0) is 4.79 Å². The Morgan fingerprint density at radius 2 is 1.76 bits per heavy atom. The minimum atomic E-state index is -0.190. The van der Waals surface area contributed by atoms with Gasteiger partial charge in [-0.25, -0.2) is 4.79 Å². The molecule has 0 saturated carbocycles. The summed E-state index contributed by atoms with van der Waals surface area (Å²) < 4.78 is 0. The van der Waals surface area contributed by atoms with Crippen molar-refractivity contribution >= 4 is 11.9 Å². The summed E-state index contributed by atoms with van der Waals surface area (Å²) in [7, 11) is 3.54. The van der Waals surface area contributed by atoms with Crippen LogP contribution >= 0.6 is 0 Å². The zero-order chi connectivity index (χ0) is 16.0. The highest BCUT2D eigenvalue weighted by atomic mass is 16.2. The van der Waals surface area contributed by atoms with Crippen molar-refractivity contribution in [2.75, 3.05) is 33.7 Å². The Morgan fingerprint density at radius 3 is 2.24 bits per heavy atom. The first-order chi connectivity index (χ1) is 9.81. The molecular weight excluding hydrogens is 268 g/mol. The third-order valence-corrected chi connectivity index (χ3v) is 3.71. The molecule has 1 fully saturated rings. The maximum absolute atomic E-state index is 11.9. The fraction of sp³-hybridized carbons (Fsp3) is 0.867. The number of nitrogens with zero attached hydrogens (tertiary/aromatic N) is 2. The van der Waals surface area contributed by atoms with Crippen molar-refractivity contribution in [2.45, 2.75) is 45.7 Å². The van der Waals surface area contributed by atoms with Crippen LogP contribution < -0.4 is 10.6 Å². The molecule has 6 heteroatoms. The van der Waals surface area contributed by atoms with Crippen LogP contribution in [-0.4, -0.2) is 67.6 Å². The third kappa shape index (κ3) is 5.91. The number of piperidine rings is 1. The van der Waals surface area contributed by atoms with E-state index >= 15 is 0 Å². The van der Waals surface area contributed by atoms with Gasteiger partial charge in [-0.3, -0.25) is 4.79 Å². The summed E-state index contributed by atoms with van der Waals surface area (Å²) in [5.41, 5.74) is 0. The standard InChI is InChI=1S/C15H30N4O2/c1-11(2)10-16-14(20)12(3)17-13-6-8-19(9-7-13)15(21)18(4)5/h11-13,17H,6-10H2,1-5H3,(H,16,20). The van der Waals surface area contributed by atoms with E-state index in [2.05, 4.69) is 24.5 Å². The predicted octanol–water partition coefficient (Wildman–Crippen LogP) is 0.883. The fourth-order valence-corrected chi connectivity index (χ4v) is 2.41. The molecule has 0 aromatic rings. The summed E-state index contributed by atoms with van der Waals surface area (Å²) in [6, 6.07) is 0.178. The van der Waals surface area contributed by atoms with Gasteiger partial charge in [-0.15, -0.1) is 0 Å². The smallest absolute Gasteiger partial charge is 0.319 e. The first kappa shape index (κ1) is 17.8. The van der Waals surface area contributed by atoms with E-state index < -0.39 is 0 Å². The lowest BCUT2D eigenvalue weighted by atomic mass is 10.0. The molecular formula is C15H30N4O2. The molecule has 1 heterocycles. The molecule has 21 heavy (non-hydrogen) atoms. The molecule has 0 aromatic carbocycles. The Kier molecular flexibility index (Phi) is 6.95. The molecule has 1 saturated heterocycles. The number of hydrogen-bond donors (Lipinski definition) is 2. The molecule has 1 aliphatic heterocycles. The van der Waals surface area contributed by atoms with Crippen LogP contribution in [0.1, 0.15) is 33.6 Å². The Morgan fingerprint density at radius 1 is 1.19 bits per heavy atom. The summed E-state index contributed by atoms with van der Waals surface area (Å²) in [4.78, 5) is 27.3. The van der Waals surface area contributed by atoms with Gasteiger partial charge in [0, 0.05) is 39.8 Å². The molecule has 6 nitrogen and oxygen atoms in total. The molecule has 0 spiro atoms. The van der Waals surface area contributed by atoms with E-state index in [1.807, 2.05) is 11.8 Å². The van der Waals surface area contributed by atoms with Gasteiger partial charge in [0.1, 0.15) is 0 Å². The van der Waals surface area contributed by atoms with Gasteiger partial charge >= 0.3 is 6.03 Å². The molecule has 0 aromatic heterocycles. The lowest BCUT2D eigenvalue weighted by Crippen LogP contribution is -2.52. The van der Waals surface area contributed by atoms with Gasteiger partial charge in [0.25, 0.3) is 0 Å². The van der Waals surface area contributed by atoms with E-state index in [1.54, 1.807) is 19.0 Å². The molecule has 0 radical (unpaired) electrons. The quantitative estimate of drug-likeness (QED) is 0.792. The van der Waals surface area contributed by atoms with E-state index in [9.17, 15) is 9.59 Å². The highest BCUT2D eigenvalue weighted by molar-refractivity contribution is 5.81. The average molecular weight is 298 g/mol. The van der Waals surface area contributed by atoms with Crippen LogP contribution in [0.15, 0.2) is 0 Å². The van der Waals surface area contributed by atoms with Crippen LogP contribution in [0.2, 0.25) is 0 Å². The molecule has 2 N–H and O–H groups in total. The zero-order valence-electron chi connectivity index (χ0n) is 14.0. The number of carbonyl (C=O) groups is 2. The predicted molar refractivity (Wildman–Crippen MR) is 84.1 cm³/mol. The van der Waals surface area contributed by atoms with Crippen molar-refractivity contribution in [3.8, 4) is 0 Å². The Hall–Kier alpha value is -1.30. The summed E-state index contributed by atoms with van der Waals surface area (Å²) in [6.45, 7) is 8.25. The lowest BCUT2D eigenvalue weighted by Gasteiger charge is -2.35. The van der Waals surface area contributed by atoms with Crippen LogP contribution in [0.25, 0.3) is 0 Å². The summed E-state index contributed by atoms with van der Waals surface area (Å²) >= 11 is 0. The van der Waals surface area contributed by atoms with Crippen LogP contribution in [0.3, 0.4) is 0 Å². The van der Waals surface area contributed by atoms with Gasteiger partial charge < -0.3 is 20.4 Å². The lowest BCUT2D eigenvalue weighted by molar-refractivity contribution is -0.123. The fourth-order valence-electron chi connectivity index (χ4n) is 2.41. The van der Waals surface area contributed by atoms with E-state index in [1.165, 1.54) is 0 Å². The maximum atomic E-state index is 11.9. The Labute approximate surface area is 128 Å². The SMILES string of the molecule is CC(C)CNC(=O)C(C)NC1CCN(C(=O)N(C)C)CC1. The second kappa shape index (κ2) is 8.22. The largest absolute Gasteiger partial charge is 0.354 e. The van der Waals surface area contributed by atoms with E-state index in [-0.39, 0.29) is 18.0 Å². The number of carbonyl (C=O) groups excluding carboxylic acids is 2. The van der Waals surface area contributed by atoms with Crippen molar-refractivity contribution in [1.82, 2.24) is 20.4 Å². The molecule has 122 valence electrons. The topological polar surface area (TPSA) is 64.7 Å². The first-order valence-corrected chi connectivity index (χ1v) is 7.81. The minimum absolute atomic E-state index is 0.0514. The average Bonchev–Trinajstić information content (AvgIpc) is 2.44. The molecule has 1 aliphatic rings. The number of urea groups is 1. The monoisotopic (exact) mass is 298 g/mol. The normalized spacial score (nSPS) is 17.7. The first-order valence-electron chi connectivity index (χ1n) is 7.81. The van der Waals surface area contributed by atoms with E-state index in [4.69, 9.17) is 0 Å². The van der Waals surface area contributed by atoms with Crippen molar-refractivity contribution in [3.63, 3.8) is 0 Å². The molecule has 0 bridgehead atoms. The number of nitrogens with one attached hydrogen (secondary N) is 2. The van der Waals surface area contributed by atoms with Crippen molar-refractivity contribution in [3.05, 3.63) is 0 Å². The Bertz CT molecular complexity index is 350. The van der Waals surface area contributed by atoms with Gasteiger partial charge in [-0.05, 0) is 25.7 Å². The zero-order valence-corrected chi connectivity index (χ0v) is 14.0. The van der Waals surface area contributed by atoms with Crippen molar-refractivity contribution in [2.24, 2.45) is 5.92 Å². The highest BCUT2D eigenvalue weighted by Crippen LogP contribution is 2.12. The maximum Gasteiger partial charge on any atom is 0.319 e. The molecule has 1 unspecified atom stereocenters. The van der Waals surface area contributed by atoms with Crippen LogP contribution in [0, 0.1) is 5.92 Å². The van der Waals surface area contributed by atoms with Crippen LogP contribution in [0.5, 0.6) is 0 Å². The van der Waals surface area contributed by atoms with Crippen molar-refractivity contribution in [1.29, 1.82) is 0 Å². The summed E-state index contributed by atoms with van der Waals surface area (Å²) in [5.74, 6) is 0.511. The van der Waals surface area contributed by atoms with Crippen molar-refractivity contribution < 1.29 is 9.59 Å². The van der Waals surface area contributed by atoms with Crippen LogP contribution in [0.4, 0.5) is 4.79 Å². The second-order valence-corrected chi connectivity index (χ2v) is 6.47. The number of amides is 3. The van der Waals surface area contributed by atoms with E-state index in [0.717, 1.165) is 25.9 Å². The highest BCUT2D eigenvalue weighted by Gasteiger charge is 2.25. The Balaban J connectivity index is 2.31. The minimum Gasteiger partial charge on any atom is -0.354 e. The summed E-state index contributed by atoms with van der Waals surface area (Å²) in [6.07, 6.45) is 1.78. The van der Waals surface area contributed by atoms with Gasteiger partial charge in [0.15, 0.2) is 0 Å². The molecule has 1 atom stereocenters. The number of likely N-dealkylation sites (tertiary alicyclic amines) is 1. The van der Waals surface area contributed by atoms with Gasteiger partial charge in [-0.2, -0.15) is 0 Å². The van der Waals surface area contributed by atoms with E-state index in [0.29, 0.717) is 18.5 Å². The van der Waals surface area contributed by atoms with Gasteiger partial charge in [0.05, 0.1) is 6.04 Å². The third-order valence-electron chi connectivity index (χ3n) is 3.71. The number of rotatable bonds is 5.